The van der Waals surface area contributed by atoms with Gasteiger partial charge in [0.25, 0.3) is 0 Å². The number of nitrogens with one attached hydrogen (secondary N) is 1. The zero-order valence-corrected chi connectivity index (χ0v) is 11.9. The molecule has 0 amide bonds. The van der Waals surface area contributed by atoms with Crippen LogP contribution in [-0.2, 0) is 4.79 Å². The van der Waals surface area contributed by atoms with Crippen molar-refractivity contribution in [2.45, 2.75) is 42.2 Å². The summed E-state index contributed by atoms with van der Waals surface area (Å²) >= 11 is 1.75. The molecule has 5 aliphatic rings. The van der Waals surface area contributed by atoms with E-state index in [1.54, 1.807) is 11.8 Å². The molecule has 1 aliphatic heterocycles. The molecule has 3 nitrogen and oxygen atoms in total. The molecule has 18 heavy (non-hydrogen) atoms. The van der Waals surface area contributed by atoms with Crippen LogP contribution in [0, 0.1) is 23.7 Å². The van der Waals surface area contributed by atoms with Gasteiger partial charge in [0.1, 0.15) is 5.25 Å². The molecule has 4 bridgehead atoms. The van der Waals surface area contributed by atoms with Crippen molar-refractivity contribution in [3.63, 3.8) is 0 Å². The summed E-state index contributed by atoms with van der Waals surface area (Å²) in [5.41, 5.74) is 0. The average Bonchev–Trinajstić information content (AvgIpc) is 2.71. The minimum atomic E-state index is -0.631. The normalized spacial score (nSPS) is 52.6. The zero-order chi connectivity index (χ0) is 11.6. The average molecular weight is 290 g/mol. The maximum atomic E-state index is 11.2. The molecule has 1 heterocycles. The smallest absolute Gasteiger partial charge is 0.318 e. The van der Waals surface area contributed by atoms with E-state index in [1.807, 2.05) is 0 Å². The van der Waals surface area contributed by atoms with E-state index >= 15 is 0 Å². The van der Waals surface area contributed by atoms with Gasteiger partial charge in [-0.15, -0.1) is 24.2 Å². The lowest BCUT2D eigenvalue weighted by Crippen LogP contribution is -2.60. The number of carbonyl (C=O) groups is 1. The molecule has 5 fully saturated rings. The fraction of sp³-hybridized carbons (Fsp3) is 0.923. The molecule has 0 aromatic heterocycles. The quantitative estimate of drug-likeness (QED) is 0.778. The molecular weight excluding hydrogens is 270 g/mol. The molecule has 5 rings (SSSR count). The van der Waals surface area contributed by atoms with Crippen molar-refractivity contribution in [2.24, 2.45) is 23.7 Å². The molecule has 2 N–H and O–H groups in total. The SMILES string of the molecule is Cl.O=C(O)C1CNC2(S1)C1CC3CC(C1)CC2C3. The minimum absolute atomic E-state index is 0. The monoisotopic (exact) mass is 289 g/mol. The van der Waals surface area contributed by atoms with Crippen LogP contribution in [0.4, 0.5) is 0 Å². The molecule has 1 atom stereocenters. The fourth-order valence-electron chi connectivity index (χ4n) is 5.07. The Morgan fingerprint density at radius 3 is 2.11 bits per heavy atom. The standard InChI is InChI=1S/C13H19NO2S.ClH/c15-12(16)11-6-14-13(17-11)9-2-7-1-8(4-9)5-10(13)3-7;/h7-11,14H,1-6H2,(H,15,16);1H. The van der Waals surface area contributed by atoms with Crippen molar-refractivity contribution in [2.75, 3.05) is 6.54 Å². The second-order valence-corrected chi connectivity index (χ2v) is 7.90. The summed E-state index contributed by atoms with van der Waals surface area (Å²) in [6.07, 6.45) is 6.84. The van der Waals surface area contributed by atoms with Crippen molar-refractivity contribution in [1.29, 1.82) is 0 Å². The maximum absolute atomic E-state index is 11.2. The molecule has 4 aliphatic carbocycles. The summed E-state index contributed by atoms with van der Waals surface area (Å²) in [6.45, 7) is 0.669. The lowest BCUT2D eigenvalue weighted by Gasteiger charge is -2.59. The van der Waals surface area contributed by atoms with Crippen molar-refractivity contribution < 1.29 is 9.90 Å². The minimum Gasteiger partial charge on any atom is -0.480 e. The van der Waals surface area contributed by atoms with Gasteiger partial charge in [0.05, 0.1) is 4.87 Å². The third-order valence-electron chi connectivity index (χ3n) is 5.53. The largest absolute Gasteiger partial charge is 0.480 e. The summed E-state index contributed by atoms with van der Waals surface area (Å²) in [6, 6.07) is 0. The number of carboxylic acid groups (broad SMARTS) is 1. The van der Waals surface area contributed by atoms with Gasteiger partial charge in [-0.05, 0) is 55.8 Å². The Hall–Kier alpha value is 0.0700. The third kappa shape index (κ3) is 1.65. The molecule has 0 aromatic rings. The highest BCUT2D eigenvalue weighted by atomic mass is 35.5. The number of thioether (sulfide) groups is 1. The number of aliphatic carboxylic acids is 1. The van der Waals surface area contributed by atoms with Crippen LogP contribution in [0.3, 0.4) is 0 Å². The van der Waals surface area contributed by atoms with E-state index in [4.69, 9.17) is 0 Å². The van der Waals surface area contributed by atoms with E-state index in [-0.39, 0.29) is 22.5 Å². The number of hydrogen-bond acceptors (Lipinski definition) is 3. The predicted octanol–water partition coefficient (Wildman–Crippen LogP) is 2.35. The predicted molar refractivity (Wildman–Crippen MR) is 74.0 cm³/mol. The molecule has 0 aromatic carbocycles. The van der Waals surface area contributed by atoms with Gasteiger partial charge in [-0.1, -0.05) is 0 Å². The van der Waals surface area contributed by atoms with Crippen LogP contribution in [0.2, 0.25) is 0 Å². The van der Waals surface area contributed by atoms with E-state index in [9.17, 15) is 9.90 Å². The van der Waals surface area contributed by atoms with Gasteiger partial charge in [0, 0.05) is 6.54 Å². The molecule has 5 heteroatoms. The van der Waals surface area contributed by atoms with Gasteiger partial charge in [-0.25, -0.2) is 0 Å². The Kier molecular flexibility index (Phi) is 3.11. The topological polar surface area (TPSA) is 49.3 Å². The highest BCUT2D eigenvalue weighted by Crippen LogP contribution is 2.63. The number of rotatable bonds is 1. The van der Waals surface area contributed by atoms with Crippen molar-refractivity contribution >= 4 is 30.1 Å². The number of carboxylic acids is 1. The van der Waals surface area contributed by atoms with Gasteiger partial charge in [-0.3, -0.25) is 4.79 Å². The lowest BCUT2D eigenvalue weighted by molar-refractivity contribution is -0.136. The fourth-order valence-corrected chi connectivity index (χ4v) is 6.75. The molecule has 4 saturated carbocycles. The van der Waals surface area contributed by atoms with Crippen LogP contribution in [0.1, 0.15) is 32.1 Å². The first-order valence-electron chi connectivity index (χ1n) is 6.83. The Bertz CT molecular complexity index is 348. The first kappa shape index (κ1) is 13.1. The van der Waals surface area contributed by atoms with Crippen molar-refractivity contribution in [3.05, 3.63) is 0 Å². The Balaban J connectivity index is 0.000001000. The van der Waals surface area contributed by atoms with Crippen LogP contribution in [0.15, 0.2) is 0 Å². The Labute approximate surface area is 118 Å². The molecule has 1 saturated heterocycles. The van der Waals surface area contributed by atoms with Crippen molar-refractivity contribution in [3.8, 4) is 0 Å². The van der Waals surface area contributed by atoms with E-state index in [0.29, 0.717) is 6.54 Å². The summed E-state index contributed by atoms with van der Waals surface area (Å²) in [4.78, 5) is 11.3. The van der Waals surface area contributed by atoms with Crippen LogP contribution < -0.4 is 5.32 Å². The summed E-state index contributed by atoms with van der Waals surface area (Å²) in [5, 5.41) is 12.6. The highest BCUT2D eigenvalue weighted by Gasteiger charge is 2.60. The second-order valence-electron chi connectivity index (χ2n) is 6.42. The van der Waals surface area contributed by atoms with Crippen molar-refractivity contribution in [1.82, 2.24) is 5.32 Å². The van der Waals surface area contributed by atoms with Gasteiger partial charge in [0.2, 0.25) is 0 Å². The van der Waals surface area contributed by atoms with Gasteiger partial charge < -0.3 is 10.4 Å². The molecule has 1 unspecified atom stereocenters. The Morgan fingerprint density at radius 1 is 1.11 bits per heavy atom. The van der Waals surface area contributed by atoms with E-state index in [1.165, 1.54) is 32.1 Å². The lowest BCUT2D eigenvalue weighted by atomic mass is 9.54. The third-order valence-corrected chi connectivity index (χ3v) is 7.38. The van der Waals surface area contributed by atoms with E-state index in [2.05, 4.69) is 5.32 Å². The first-order chi connectivity index (χ1) is 8.17. The van der Waals surface area contributed by atoms with Crippen LogP contribution >= 0.6 is 24.2 Å². The molecule has 1 spiro atoms. The maximum Gasteiger partial charge on any atom is 0.318 e. The molecule has 102 valence electrons. The van der Waals surface area contributed by atoms with E-state index < -0.39 is 5.97 Å². The molecular formula is C13H20ClNO2S. The van der Waals surface area contributed by atoms with Crippen LogP contribution in [0.5, 0.6) is 0 Å². The zero-order valence-electron chi connectivity index (χ0n) is 10.3. The first-order valence-corrected chi connectivity index (χ1v) is 7.71. The number of halogens is 1. The second kappa shape index (κ2) is 4.29. The summed E-state index contributed by atoms with van der Waals surface area (Å²) in [7, 11) is 0. The van der Waals surface area contributed by atoms with E-state index in [0.717, 1.165) is 23.7 Å². The van der Waals surface area contributed by atoms with Gasteiger partial charge in [0.15, 0.2) is 0 Å². The summed E-state index contributed by atoms with van der Waals surface area (Å²) in [5.74, 6) is 2.76. The van der Waals surface area contributed by atoms with Crippen LogP contribution in [0.25, 0.3) is 0 Å². The van der Waals surface area contributed by atoms with Gasteiger partial charge in [-0.2, -0.15) is 0 Å². The number of hydrogen-bond donors (Lipinski definition) is 2. The van der Waals surface area contributed by atoms with Crippen LogP contribution in [-0.4, -0.2) is 27.7 Å². The summed E-state index contributed by atoms with van der Waals surface area (Å²) < 4.78 is 0. The van der Waals surface area contributed by atoms with Gasteiger partial charge >= 0.3 is 5.97 Å². The molecule has 0 radical (unpaired) electrons. The Morgan fingerprint density at radius 2 is 1.67 bits per heavy atom. The highest BCUT2D eigenvalue weighted by molar-refractivity contribution is 8.02.